The summed E-state index contributed by atoms with van der Waals surface area (Å²) in [6, 6.07) is 4.48. The second-order valence-electron chi connectivity index (χ2n) is 3.74. The van der Waals surface area contributed by atoms with Crippen LogP contribution in [0.1, 0.15) is 22.3 Å². The number of benzene rings is 1. The van der Waals surface area contributed by atoms with E-state index < -0.39 is 0 Å². The van der Waals surface area contributed by atoms with E-state index in [0.717, 1.165) is 0 Å². The quantitative estimate of drug-likeness (QED) is 0.584. The molecule has 0 heterocycles. The van der Waals surface area contributed by atoms with E-state index in [1.165, 1.54) is 22.3 Å². The average molecular weight is 191 g/mol. The number of allylic oxidation sites excluding steroid dienone is 5. The van der Waals surface area contributed by atoms with Gasteiger partial charge in [0.15, 0.2) is 0 Å². The Labute approximate surface area is 89.9 Å². The molecule has 0 fully saturated rings. The van der Waals surface area contributed by atoms with Gasteiger partial charge in [-0.25, -0.2) is 0 Å². The van der Waals surface area contributed by atoms with Crippen molar-refractivity contribution in [3.05, 3.63) is 71.2 Å². The number of hydrogen-bond acceptors (Lipinski definition) is 0. The molecule has 0 saturated carbocycles. The van der Waals surface area contributed by atoms with Gasteiger partial charge in [0.2, 0.25) is 0 Å². The van der Waals surface area contributed by atoms with Crippen molar-refractivity contribution in [3.8, 4) is 0 Å². The van der Waals surface area contributed by atoms with Gasteiger partial charge in [0, 0.05) is 6.42 Å². The summed E-state index contributed by atoms with van der Waals surface area (Å²) in [5, 5.41) is 0. The lowest BCUT2D eigenvalue weighted by Gasteiger charge is -2.06. The van der Waals surface area contributed by atoms with Crippen LogP contribution in [-0.2, 0) is 0 Å². The van der Waals surface area contributed by atoms with E-state index in [-0.39, 0.29) is 0 Å². The minimum atomic E-state index is 1.29. The lowest BCUT2D eigenvalue weighted by molar-refractivity contribution is 1.50. The molecule has 0 nitrogen and oxygen atoms in total. The average Bonchev–Trinajstić information content (AvgIpc) is 2.64. The van der Waals surface area contributed by atoms with E-state index >= 15 is 0 Å². The Morgan fingerprint density at radius 1 is 0.467 bits per heavy atom. The second-order valence-corrected chi connectivity index (χ2v) is 3.74. The molecule has 0 amide bonds. The van der Waals surface area contributed by atoms with Crippen molar-refractivity contribution >= 4 is 18.2 Å². The highest BCUT2D eigenvalue weighted by Crippen LogP contribution is 2.27. The summed E-state index contributed by atoms with van der Waals surface area (Å²) < 4.78 is 0. The molecule has 0 bridgehead atoms. The fourth-order valence-electron chi connectivity index (χ4n) is 1.95. The molecule has 2 aliphatic carbocycles. The van der Waals surface area contributed by atoms with Crippen LogP contribution in [0.2, 0.25) is 0 Å². The molecule has 0 aromatic heterocycles. The summed E-state index contributed by atoms with van der Waals surface area (Å²) >= 11 is 0. The smallest absolute Gasteiger partial charge is 0.0131 e. The summed E-state index contributed by atoms with van der Waals surface area (Å²) in [5.41, 5.74) is 5.20. The van der Waals surface area contributed by atoms with Crippen LogP contribution in [0.3, 0.4) is 0 Å². The van der Waals surface area contributed by atoms with E-state index in [1.807, 2.05) is 0 Å². The molecule has 71 valence electrons. The number of rotatable bonds is 0. The van der Waals surface area contributed by atoms with Crippen molar-refractivity contribution in [1.82, 2.24) is 0 Å². The maximum Gasteiger partial charge on any atom is 0.0131 e. The molecular formula is C15H11. The first-order valence-electron chi connectivity index (χ1n) is 5.14. The Bertz CT molecular complexity index is 511. The molecule has 0 unspecified atom stereocenters. The van der Waals surface area contributed by atoms with Gasteiger partial charge in [-0.3, -0.25) is 0 Å². The van der Waals surface area contributed by atoms with E-state index in [2.05, 4.69) is 67.2 Å². The van der Waals surface area contributed by atoms with Crippen molar-refractivity contribution in [2.24, 2.45) is 0 Å². The van der Waals surface area contributed by atoms with Crippen LogP contribution < -0.4 is 0 Å². The summed E-state index contributed by atoms with van der Waals surface area (Å²) in [4.78, 5) is 0. The van der Waals surface area contributed by atoms with Crippen LogP contribution in [0.4, 0.5) is 0 Å². The maximum atomic E-state index is 2.24. The summed E-state index contributed by atoms with van der Waals surface area (Å²) in [5.74, 6) is 0. The van der Waals surface area contributed by atoms with E-state index in [4.69, 9.17) is 0 Å². The van der Waals surface area contributed by atoms with E-state index in [0.29, 0.717) is 0 Å². The predicted molar refractivity (Wildman–Crippen MR) is 66.1 cm³/mol. The molecular weight excluding hydrogens is 180 g/mol. The zero-order valence-corrected chi connectivity index (χ0v) is 8.35. The molecule has 15 heavy (non-hydrogen) atoms. The zero-order valence-electron chi connectivity index (χ0n) is 8.35. The number of hydrogen-bond donors (Lipinski definition) is 0. The zero-order chi connectivity index (χ0) is 10.1. The predicted octanol–water partition coefficient (Wildman–Crippen LogP) is 3.86. The maximum absolute atomic E-state index is 2.24. The SMILES string of the molecule is [CH]1C=Cc2cc3c(cc21)\C=C/C=C\C=C/3. The van der Waals surface area contributed by atoms with Crippen LogP contribution in [0.15, 0.2) is 42.5 Å². The minimum absolute atomic E-state index is 1.29. The largest absolute Gasteiger partial charge is 0.0755 e. The fraction of sp³-hybridized carbons (Fsp3) is 0. The van der Waals surface area contributed by atoms with Crippen molar-refractivity contribution in [2.45, 2.75) is 0 Å². The Hall–Kier alpha value is -1.82. The van der Waals surface area contributed by atoms with Crippen LogP contribution in [0, 0.1) is 6.42 Å². The highest BCUT2D eigenvalue weighted by atomic mass is 14.1. The van der Waals surface area contributed by atoms with Gasteiger partial charge in [0.1, 0.15) is 0 Å². The monoisotopic (exact) mass is 191 g/mol. The Balaban J connectivity index is 2.20. The molecule has 2 aliphatic rings. The molecule has 0 N–H and O–H groups in total. The molecule has 1 aromatic rings. The highest BCUT2D eigenvalue weighted by Gasteiger charge is 2.08. The summed E-state index contributed by atoms with van der Waals surface area (Å²) in [7, 11) is 0. The van der Waals surface area contributed by atoms with E-state index in [9.17, 15) is 0 Å². The molecule has 0 spiro atoms. The van der Waals surface area contributed by atoms with E-state index in [1.54, 1.807) is 0 Å². The van der Waals surface area contributed by atoms with Crippen LogP contribution in [0.5, 0.6) is 0 Å². The topological polar surface area (TPSA) is 0 Å². The standard InChI is InChI=1S/C15H11/c1-2-4-7-13-11-15-9-5-8-14(15)10-12(13)6-3-1/h1-11H/b2-1-,3-1?,4-2?,6-3-,7-4-,12-6?,13-7?. The normalized spacial score (nSPS) is 22.4. The molecule has 0 saturated heterocycles. The minimum Gasteiger partial charge on any atom is -0.0755 e. The third-order valence-corrected chi connectivity index (χ3v) is 2.73. The molecule has 1 aromatic carbocycles. The first kappa shape index (κ1) is 8.49. The first-order valence-corrected chi connectivity index (χ1v) is 5.14. The highest BCUT2D eigenvalue weighted by molar-refractivity contribution is 5.75. The first-order chi connectivity index (χ1) is 7.43. The van der Waals surface area contributed by atoms with Crippen molar-refractivity contribution < 1.29 is 0 Å². The molecule has 0 heteroatoms. The van der Waals surface area contributed by atoms with Gasteiger partial charge >= 0.3 is 0 Å². The van der Waals surface area contributed by atoms with Crippen molar-refractivity contribution in [3.63, 3.8) is 0 Å². The van der Waals surface area contributed by atoms with Crippen LogP contribution in [0.25, 0.3) is 18.2 Å². The Morgan fingerprint density at radius 3 is 1.73 bits per heavy atom. The van der Waals surface area contributed by atoms with Gasteiger partial charge in [0.05, 0.1) is 0 Å². The van der Waals surface area contributed by atoms with Crippen LogP contribution >= 0.6 is 0 Å². The number of fused-ring (bicyclic) bond motifs is 2. The lowest BCUT2D eigenvalue weighted by atomic mass is 9.98. The van der Waals surface area contributed by atoms with Gasteiger partial charge in [-0.2, -0.15) is 0 Å². The van der Waals surface area contributed by atoms with Gasteiger partial charge in [-0.15, -0.1) is 0 Å². The molecule has 1 radical (unpaired) electrons. The van der Waals surface area contributed by atoms with Gasteiger partial charge in [-0.05, 0) is 34.4 Å². The fourth-order valence-corrected chi connectivity index (χ4v) is 1.95. The molecule has 0 aliphatic heterocycles. The third-order valence-electron chi connectivity index (χ3n) is 2.73. The van der Waals surface area contributed by atoms with Gasteiger partial charge in [-0.1, -0.05) is 48.6 Å². The van der Waals surface area contributed by atoms with Crippen molar-refractivity contribution in [2.75, 3.05) is 0 Å². The molecule has 3 rings (SSSR count). The van der Waals surface area contributed by atoms with Crippen molar-refractivity contribution in [1.29, 1.82) is 0 Å². The van der Waals surface area contributed by atoms with Gasteiger partial charge < -0.3 is 0 Å². The Kier molecular flexibility index (Phi) is 1.92. The van der Waals surface area contributed by atoms with Gasteiger partial charge in [0.25, 0.3) is 0 Å². The second kappa shape index (κ2) is 3.39. The third kappa shape index (κ3) is 1.48. The summed E-state index contributed by atoms with van der Waals surface area (Å²) in [6.45, 7) is 0. The molecule has 0 atom stereocenters. The lowest BCUT2D eigenvalue weighted by Crippen LogP contribution is -1.87. The summed E-state index contributed by atoms with van der Waals surface area (Å²) in [6.07, 6.45) is 19.0. The van der Waals surface area contributed by atoms with Crippen LogP contribution in [-0.4, -0.2) is 0 Å². The Morgan fingerprint density at radius 2 is 1.00 bits per heavy atom.